The Labute approximate surface area is 332 Å². The van der Waals surface area contributed by atoms with Crippen molar-refractivity contribution in [1.82, 2.24) is 19.1 Å². The van der Waals surface area contributed by atoms with E-state index in [1.54, 1.807) is 0 Å². The van der Waals surface area contributed by atoms with E-state index < -0.39 is 0 Å². The molecule has 4 nitrogen and oxygen atoms in total. The van der Waals surface area contributed by atoms with Gasteiger partial charge in [0.15, 0.2) is 5.82 Å². The molecular formula is C53H38N4. The van der Waals surface area contributed by atoms with E-state index in [1.165, 1.54) is 10.8 Å². The quantitative estimate of drug-likeness (QED) is 0.156. The summed E-state index contributed by atoms with van der Waals surface area (Å²) in [6.45, 7) is 6.33. The fourth-order valence-electron chi connectivity index (χ4n) is 8.33. The molecule has 7 aromatic carbocycles. The number of benzene rings is 7. The third-order valence-corrected chi connectivity index (χ3v) is 10.8. The average molecular weight is 731 g/mol. The predicted molar refractivity (Wildman–Crippen MR) is 240 cm³/mol. The molecule has 0 radical (unpaired) electrons. The molecule has 0 aliphatic heterocycles. The Kier molecular flexibility index (Phi) is 8.50. The summed E-state index contributed by atoms with van der Waals surface area (Å²) in [7, 11) is 0. The van der Waals surface area contributed by atoms with Gasteiger partial charge in [0.25, 0.3) is 0 Å². The van der Waals surface area contributed by atoms with Crippen LogP contribution >= 0.6 is 0 Å². The van der Waals surface area contributed by atoms with E-state index in [4.69, 9.17) is 9.97 Å². The Hall–Kier alpha value is -7.56. The Morgan fingerprint density at radius 1 is 0.456 bits per heavy atom. The van der Waals surface area contributed by atoms with Crippen molar-refractivity contribution < 1.29 is 0 Å². The van der Waals surface area contributed by atoms with Gasteiger partial charge in [-0.3, -0.25) is 0 Å². The van der Waals surface area contributed by atoms with Gasteiger partial charge in [-0.2, -0.15) is 0 Å². The zero-order valence-electron chi connectivity index (χ0n) is 31.5. The van der Waals surface area contributed by atoms with Crippen LogP contribution in [0.4, 0.5) is 0 Å². The van der Waals surface area contributed by atoms with Crippen molar-refractivity contribution in [1.29, 1.82) is 0 Å². The first kappa shape index (κ1) is 34.0. The fraction of sp³-hybridized carbons (Fsp3) is 0.0189. The minimum Gasteiger partial charge on any atom is -0.309 e. The van der Waals surface area contributed by atoms with E-state index in [2.05, 4.69) is 199 Å². The van der Waals surface area contributed by atoms with Crippen LogP contribution in [0, 0.1) is 0 Å². The van der Waals surface area contributed by atoms with E-state index in [-0.39, 0.29) is 0 Å². The van der Waals surface area contributed by atoms with Crippen molar-refractivity contribution in [2.45, 2.75) is 6.92 Å². The lowest BCUT2D eigenvalue weighted by Crippen LogP contribution is -2.03. The molecule has 10 aromatic rings. The molecule has 4 heteroatoms. The largest absolute Gasteiger partial charge is 0.309 e. The number of para-hydroxylation sites is 3. The second-order valence-electron chi connectivity index (χ2n) is 14.2. The number of nitrogens with zero attached hydrogens (tertiary/aromatic N) is 4. The number of hydrogen-bond donors (Lipinski definition) is 0. The molecule has 0 saturated carbocycles. The SMILES string of the molecule is C=Cc1c(/C=C\C)n(-c2cc(-c3cc(-c4ccccc4-c4ccccc4)nc(-c4ccccc4)n3)cc(-n3c4ccccc4c4ccccc43)c2)c2ccccc12. The summed E-state index contributed by atoms with van der Waals surface area (Å²) in [6, 6.07) is 64.2. The molecule has 3 aromatic heterocycles. The molecule has 3 heterocycles. The molecule has 0 atom stereocenters. The van der Waals surface area contributed by atoms with Crippen molar-refractivity contribution in [3.63, 3.8) is 0 Å². The van der Waals surface area contributed by atoms with E-state index in [9.17, 15) is 0 Å². The summed E-state index contributed by atoms with van der Waals surface area (Å²) in [5.41, 5.74) is 14.6. The summed E-state index contributed by atoms with van der Waals surface area (Å²) < 4.78 is 4.75. The molecule has 0 bridgehead atoms. The molecule has 0 N–H and O–H groups in total. The standard InChI is InChI=1S/C53H38N4/c1-3-19-49-41(4-2)44-26-13-16-29-50(44)56(49)39-32-38(33-40(34-39)57-51-30-17-14-27-45(51)46-28-15-18-31-52(46)57)47-35-48(55-53(54-47)37-22-9-6-10-23-37)43-25-12-11-24-42(43)36-20-7-5-8-21-36/h3-35H,2H2,1H3/b19-3-. The van der Waals surface area contributed by atoms with Gasteiger partial charge in [0.05, 0.1) is 33.6 Å². The highest BCUT2D eigenvalue weighted by Crippen LogP contribution is 2.39. The summed E-state index contributed by atoms with van der Waals surface area (Å²) in [6.07, 6.45) is 6.25. The Bertz CT molecular complexity index is 3090. The second kappa shape index (κ2) is 14.3. The first-order valence-corrected chi connectivity index (χ1v) is 19.3. The molecule has 0 aliphatic rings. The normalized spacial score (nSPS) is 11.6. The fourth-order valence-corrected chi connectivity index (χ4v) is 8.33. The number of rotatable bonds is 8. The van der Waals surface area contributed by atoms with Crippen molar-refractivity contribution in [3.8, 4) is 56.4 Å². The molecule has 270 valence electrons. The summed E-state index contributed by atoms with van der Waals surface area (Å²) in [5, 5.41) is 3.57. The first-order chi connectivity index (χ1) is 28.2. The number of fused-ring (bicyclic) bond motifs is 4. The number of allylic oxidation sites excluding steroid dienone is 1. The average Bonchev–Trinajstić information content (AvgIpc) is 3.79. The number of hydrogen-bond acceptors (Lipinski definition) is 2. The van der Waals surface area contributed by atoms with E-state index in [0.717, 1.165) is 83.8 Å². The highest BCUT2D eigenvalue weighted by molar-refractivity contribution is 6.09. The highest BCUT2D eigenvalue weighted by Gasteiger charge is 2.20. The lowest BCUT2D eigenvalue weighted by molar-refractivity contribution is 1.08. The van der Waals surface area contributed by atoms with Crippen molar-refractivity contribution in [2.24, 2.45) is 0 Å². The second-order valence-corrected chi connectivity index (χ2v) is 14.2. The molecule has 0 saturated heterocycles. The monoisotopic (exact) mass is 730 g/mol. The maximum absolute atomic E-state index is 5.37. The van der Waals surface area contributed by atoms with Gasteiger partial charge >= 0.3 is 0 Å². The number of aromatic nitrogens is 4. The summed E-state index contributed by atoms with van der Waals surface area (Å²) in [5.74, 6) is 0.671. The summed E-state index contributed by atoms with van der Waals surface area (Å²) >= 11 is 0. The zero-order chi connectivity index (χ0) is 38.3. The maximum atomic E-state index is 5.37. The molecule has 10 rings (SSSR count). The van der Waals surface area contributed by atoms with Crippen LogP contribution in [0.2, 0.25) is 0 Å². The molecular weight excluding hydrogens is 693 g/mol. The summed E-state index contributed by atoms with van der Waals surface area (Å²) in [4.78, 5) is 10.6. The van der Waals surface area contributed by atoms with Gasteiger partial charge in [-0.1, -0.05) is 158 Å². The smallest absolute Gasteiger partial charge is 0.160 e. The van der Waals surface area contributed by atoms with Gasteiger partial charge in [0.2, 0.25) is 0 Å². The maximum Gasteiger partial charge on any atom is 0.160 e. The minimum atomic E-state index is 0.671. The lowest BCUT2D eigenvalue weighted by atomic mass is 9.96. The predicted octanol–water partition coefficient (Wildman–Crippen LogP) is 13.9. The zero-order valence-corrected chi connectivity index (χ0v) is 31.5. The van der Waals surface area contributed by atoms with Crippen LogP contribution in [0.1, 0.15) is 18.2 Å². The van der Waals surface area contributed by atoms with E-state index in [0.29, 0.717) is 5.82 Å². The third-order valence-electron chi connectivity index (χ3n) is 10.8. The Balaban J connectivity index is 1.30. The Morgan fingerprint density at radius 3 is 1.60 bits per heavy atom. The van der Waals surface area contributed by atoms with Crippen molar-refractivity contribution in [3.05, 3.63) is 206 Å². The van der Waals surface area contributed by atoms with Crippen LogP contribution in [-0.2, 0) is 0 Å². The van der Waals surface area contributed by atoms with Gasteiger partial charge in [0, 0.05) is 49.8 Å². The molecule has 57 heavy (non-hydrogen) atoms. The van der Waals surface area contributed by atoms with Gasteiger partial charge in [-0.25, -0.2) is 9.97 Å². The molecule has 0 aliphatic carbocycles. The molecule has 0 unspecified atom stereocenters. The van der Waals surface area contributed by atoms with Crippen molar-refractivity contribution >= 4 is 44.9 Å². The highest BCUT2D eigenvalue weighted by atomic mass is 15.0. The van der Waals surface area contributed by atoms with Gasteiger partial charge in [0.1, 0.15) is 0 Å². The Morgan fingerprint density at radius 2 is 0.965 bits per heavy atom. The van der Waals surface area contributed by atoms with E-state index >= 15 is 0 Å². The van der Waals surface area contributed by atoms with Gasteiger partial charge in [-0.05, 0) is 66.6 Å². The topological polar surface area (TPSA) is 35.6 Å². The van der Waals surface area contributed by atoms with Crippen LogP contribution in [0.5, 0.6) is 0 Å². The molecule has 0 amide bonds. The third kappa shape index (κ3) is 5.87. The van der Waals surface area contributed by atoms with Crippen LogP contribution in [0.15, 0.2) is 195 Å². The van der Waals surface area contributed by atoms with Gasteiger partial charge in [-0.15, -0.1) is 0 Å². The van der Waals surface area contributed by atoms with Crippen LogP contribution in [-0.4, -0.2) is 19.1 Å². The van der Waals surface area contributed by atoms with Crippen LogP contribution in [0.25, 0.3) is 101 Å². The van der Waals surface area contributed by atoms with Crippen LogP contribution < -0.4 is 0 Å². The van der Waals surface area contributed by atoms with Gasteiger partial charge < -0.3 is 9.13 Å². The van der Waals surface area contributed by atoms with E-state index in [1.807, 2.05) is 24.3 Å². The first-order valence-electron chi connectivity index (χ1n) is 19.3. The minimum absolute atomic E-state index is 0.671. The molecule has 0 spiro atoms. The van der Waals surface area contributed by atoms with Crippen LogP contribution in [0.3, 0.4) is 0 Å². The van der Waals surface area contributed by atoms with Crippen molar-refractivity contribution in [2.75, 3.05) is 0 Å². The molecule has 0 fully saturated rings. The lowest BCUT2D eigenvalue weighted by Gasteiger charge is -2.17.